The molecule has 98 valence electrons. The van der Waals surface area contributed by atoms with Crippen molar-refractivity contribution in [2.24, 2.45) is 11.8 Å². The maximum atomic E-state index is 11.2. The fourth-order valence-electron chi connectivity index (χ4n) is 1.17. The monoisotopic (exact) mass is 244 g/mol. The van der Waals surface area contributed by atoms with Gasteiger partial charge in [-0.15, -0.1) is 0 Å². The third-order valence-electron chi connectivity index (χ3n) is 2.14. The molecule has 0 rings (SSSR count). The lowest BCUT2D eigenvalue weighted by Gasteiger charge is -2.07. The summed E-state index contributed by atoms with van der Waals surface area (Å²) < 4.78 is 9.29. The van der Waals surface area contributed by atoms with E-state index in [0.717, 1.165) is 0 Å². The van der Waals surface area contributed by atoms with E-state index < -0.39 is 0 Å². The molecule has 0 aromatic carbocycles. The van der Waals surface area contributed by atoms with Crippen molar-refractivity contribution >= 4 is 11.9 Å². The smallest absolute Gasteiger partial charge is 0.312 e. The van der Waals surface area contributed by atoms with Crippen molar-refractivity contribution in [1.29, 1.82) is 0 Å². The number of rotatable bonds is 7. The van der Waals surface area contributed by atoms with Crippen LogP contribution in [0.25, 0.3) is 0 Å². The quantitative estimate of drug-likeness (QED) is 0.532. The number of carbonyl (C=O) groups is 2. The summed E-state index contributed by atoms with van der Waals surface area (Å²) in [5.74, 6) is -1.01. The number of allylic oxidation sites excluding steroid dienone is 1. The lowest BCUT2D eigenvalue weighted by molar-refractivity contribution is -0.145. The topological polar surface area (TPSA) is 72.8 Å². The van der Waals surface area contributed by atoms with Gasteiger partial charge in [-0.3, -0.25) is 9.59 Å². The van der Waals surface area contributed by atoms with Crippen LogP contribution in [-0.2, 0) is 19.1 Å². The molecule has 0 spiro atoms. The van der Waals surface area contributed by atoms with Crippen LogP contribution in [0, 0.1) is 11.8 Å². The summed E-state index contributed by atoms with van der Waals surface area (Å²) in [6, 6.07) is 0. The first-order valence-corrected chi connectivity index (χ1v) is 5.53. The van der Waals surface area contributed by atoms with Gasteiger partial charge in [0.1, 0.15) is 6.61 Å². The van der Waals surface area contributed by atoms with Crippen LogP contribution in [0.3, 0.4) is 0 Å². The highest BCUT2D eigenvalue weighted by Crippen LogP contribution is 2.08. The van der Waals surface area contributed by atoms with Gasteiger partial charge in [-0.05, 0) is 12.8 Å². The molecule has 1 N–H and O–H groups in total. The lowest BCUT2D eigenvalue weighted by Crippen LogP contribution is -2.12. The molecule has 0 aromatic rings. The van der Waals surface area contributed by atoms with E-state index in [4.69, 9.17) is 9.84 Å². The zero-order valence-electron chi connectivity index (χ0n) is 10.5. The van der Waals surface area contributed by atoms with Crippen LogP contribution in [0.5, 0.6) is 0 Å². The molecule has 0 heterocycles. The molecule has 0 aliphatic rings. The molecule has 0 aliphatic carbocycles. The molecule has 0 aliphatic heterocycles. The van der Waals surface area contributed by atoms with E-state index in [1.54, 1.807) is 19.1 Å². The van der Waals surface area contributed by atoms with Crippen molar-refractivity contribution in [3.05, 3.63) is 12.2 Å². The third kappa shape index (κ3) is 7.52. The van der Waals surface area contributed by atoms with E-state index in [9.17, 15) is 9.59 Å². The predicted octanol–water partition coefficient (Wildman–Crippen LogP) is 0.913. The van der Waals surface area contributed by atoms with E-state index >= 15 is 0 Å². The number of carbonyl (C=O) groups excluding carboxylic acids is 2. The molecule has 0 amide bonds. The van der Waals surface area contributed by atoms with Gasteiger partial charge in [-0.2, -0.15) is 0 Å². The van der Waals surface area contributed by atoms with E-state index in [0.29, 0.717) is 0 Å². The van der Waals surface area contributed by atoms with E-state index in [1.165, 1.54) is 7.11 Å². The van der Waals surface area contributed by atoms with Crippen molar-refractivity contribution in [2.75, 3.05) is 20.3 Å². The first kappa shape index (κ1) is 15.6. The molecule has 0 aromatic heterocycles. The predicted molar refractivity (Wildman–Crippen MR) is 62.1 cm³/mol. The summed E-state index contributed by atoms with van der Waals surface area (Å²) in [5.41, 5.74) is 0. The van der Waals surface area contributed by atoms with Gasteiger partial charge in [-0.1, -0.05) is 19.1 Å². The Balaban J connectivity index is 3.99. The molecule has 2 atom stereocenters. The van der Waals surface area contributed by atoms with Crippen molar-refractivity contribution in [2.45, 2.75) is 20.3 Å². The Morgan fingerprint density at radius 2 is 1.94 bits per heavy atom. The summed E-state index contributed by atoms with van der Waals surface area (Å²) in [7, 11) is 1.34. The van der Waals surface area contributed by atoms with Crippen molar-refractivity contribution < 1.29 is 24.2 Å². The first-order valence-electron chi connectivity index (χ1n) is 5.53. The molecular formula is C12H20O5. The number of aliphatic hydroxyl groups is 1. The highest BCUT2D eigenvalue weighted by Gasteiger charge is 2.11. The molecule has 0 bridgehead atoms. The normalized spacial score (nSPS) is 14.4. The minimum absolute atomic E-state index is 0.0201. The van der Waals surface area contributed by atoms with E-state index in [2.05, 4.69) is 4.74 Å². The summed E-state index contributed by atoms with van der Waals surface area (Å²) in [5, 5.41) is 8.47. The minimum Gasteiger partial charge on any atom is -0.469 e. The van der Waals surface area contributed by atoms with Gasteiger partial charge < -0.3 is 14.6 Å². The summed E-state index contributed by atoms with van der Waals surface area (Å²) in [6.45, 7) is 3.42. The average Bonchev–Trinajstić information content (AvgIpc) is 2.32. The van der Waals surface area contributed by atoms with E-state index in [1.807, 2.05) is 6.92 Å². The van der Waals surface area contributed by atoms with Crippen LogP contribution in [0.4, 0.5) is 0 Å². The lowest BCUT2D eigenvalue weighted by atomic mass is 10.0. The SMILES string of the molecule is COC(=O)C(C)/C=C/C(C)CC(=O)OCCO. The standard InChI is InChI=1S/C12H20O5/c1-9(8-11(14)17-7-6-13)4-5-10(2)12(15)16-3/h4-5,9-10,13H,6-8H2,1-3H3/b5-4+. The zero-order chi connectivity index (χ0) is 13.3. The van der Waals surface area contributed by atoms with Crippen LogP contribution in [0.2, 0.25) is 0 Å². The van der Waals surface area contributed by atoms with Crippen LogP contribution in [0.1, 0.15) is 20.3 Å². The van der Waals surface area contributed by atoms with Gasteiger partial charge in [0.25, 0.3) is 0 Å². The number of hydrogen-bond acceptors (Lipinski definition) is 5. The van der Waals surface area contributed by atoms with Crippen LogP contribution < -0.4 is 0 Å². The Hall–Kier alpha value is -1.36. The molecule has 2 unspecified atom stereocenters. The highest BCUT2D eigenvalue weighted by atomic mass is 16.5. The van der Waals surface area contributed by atoms with Crippen LogP contribution >= 0.6 is 0 Å². The second-order valence-corrected chi connectivity index (χ2v) is 3.82. The number of ether oxygens (including phenoxy) is 2. The molecule has 0 fully saturated rings. The Morgan fingerprint density at radius 3 is 2.47 bits per heavy atom. The van der Waals surface area contributed by atoms with Gasteiger partial charge in [0, 0.05) is 0 Å². The van der Waals surface area contributed by atoms with Gasteiger partial charge in [-0.25, -0.2) is 0 Å². The number of methoxy groups -OCH3 is 1. The van der Waals surface area contributed by atoms with Gasteiger partial charge >= 0.3 is 11.9 Å². The second-order valence-electron chi connectivity index (χ2n) is 3.82. The van der Waals surface area contributed by atoms with Gasteiger partial charge in [0.05, 0.1) is 26.1 Å². The molecule has 0 radical (unpaired) electrons. The molecule has 0 saturated carbocycles. The summed E-state index contributed by atoms with van der Waals surface area (Å²) in [4.78, 5) is 22.3. The fourth-order valence-corrected chi connectivity index (χ4v) is 1.17. The van der Waals surface area contributed by atoms with Crippen LogP contribution in [-0.4, -0.2) is 37.4 Å². The Morgan fingerprint density at radius 1 is 1.29 bits per heavy atom. The minimum atomic E-state index is -0.359. The van der Waals surface area contributed by atoms with Crippen molar-refractivity contribution in [3.8, 4) is 0 Å². The van der Waals surface area contributed by atoms with Crippen LogP contribution in [0.15, 0.2) is 12.2 Å². The maximum Gasteiger partial charge on any atom is 0.312 e. The van der Waals surface area contributed by atoms with E-state index in [-0.39, 0.29) is 43.4 Å². The maximum absolute atomic E-state index is 11.2. The first-order chi connectivity index (χ1) is 8.01. The van der Waals surface area contributed by atoms with Gasteiger partial charge in [0.2, 0.25) is 0 Å². The van der Waals surface area contributed by atoms with Crippen molar-refractivity contribution in [3.63, 3.8) is 0 Å². The Bertz CT molecular complexity index is 272. The molecule has 5 nitrogen and oxygen atoms in total. The molecular weight excluding hydrogens is 224 g/mol. The largest absolute Gasteiger partial charge is 0.469 e. The highest BCUT2D eigenvalue weighted by molar-refractivity contribution is 5.74. The number of hydrogen-bond donors (Lipinski definition) is 1. The zero-order valence-corrected chi connectivity index (χ0v) is 10.5. The third-order valence-corrected chi connectivity index (χ3v) is 2.14. The molecule has 5 heteroatoms. The van der Waals surface area contributed by atoms with Crippen molar-refractivity contribution in [1.82, 2.24) is 0 Å². The summed E-state index contributed by atoms with van der Waals surface area (Å²) in [6.07, 6.45) is 3.71. The second kappa shape index (κ2) is 8.75. The fraction of sp³-hybridized carbons (Fsp3) is 0.667. The Labute approximate surface area is 101 Å². The Kier molecular flexibility index (Phi) is 8.05. The number of aliphatic hydroxyl groups excluding tert-OH is 1. The average molecular weight is 244 g/mol. The number of esters is 2. The summed E-state index contributed by atoms with van der Waals surface area (Å²) >= 11 is 0. The van der Waals surface area contributed by atoms with Gasteiger partial charge in [0.15, 0.2) is 0 Å². The molecule has 0 saturated heterocycles. The molecule has 17 heavy (non-hydrogen) atoms.